The molecule has 1 aromatic rings. The van der Waals surface area contributed by atoms with Crippen molar-refractivity contribution in [3.8, 4) is 6.07 Å². The summed E-state index contributed by atoms with van der Waals surface area (Å²) in [6.07, 6.45) is -7.59. The van der Waals surface area contributed by atoms with E-state index >= 15 is 0 Å². The van der Waals surface area contributed by atoms with E-state index in [-0.39, 0.29) is 24.4 Å². The summed E-state index contributed by atoms with van der Waals surface area (Å²) in [6, 6.07) is 4.18. The van der Waals surface area contributed by atoms with Crippen molar-refractivity contribution in [1.29, 1.82) is 5.26 Å². The van der Waals surface area contributed by atoms with Gasteiger partial charge in [0, 0.05) is 18.7 Å². The summed E-state index contributed by atoms with van der Waals surface area (Å²) in [6.45, 7) is 1.71. The van der Waals surface area contributed by atoms with Crippen LogP contribution < -0.4 is 5.32 Å². The molecule has 39 heavy (non-hydrogen) atoms. The Hall–Kier alpha value is -2.11. The summed E-state index contributed by atoms with van der Waals surface area (Å²) < 4.78 is 101. The second-order valence-electron chi connectivity index (χ2n) is 9.52. The lowest BCUT2D eigenvalue weighted by Gasteiger charge is -2.28. The van der Waals surface area contributed by atoms with Crippen LogP contribution in [0.2, 0.25) is 0 Å². The number of benzene rings is 1. The number of aliphatic hydroxyl groups is 1. The Labute approximate surface area is 226 Å². The summed E-state index contributed by atoms with van der Waals surface area (Å²) in [4.78, 5) is 14.2. The minimum Gasteiger partial charge on any atom is -0.379 e. The Morgan fingerprint density at radius 2 is 1.59 bits per heavy atom. The molecule has 0 aliphatic carbocycles. The van der Waals surface area contributed by atoms with Crippen LogP contribution in [0.4, 0.5) is 40.8 Å². The minimum absolute atomic E-state index is 0.0781. The van der Waals surface area contributed by atoms with Gasteiger partial charge in [-0.25, -0.2) is 0 Å². The van der Waals surface area contributed by atoms with Crippen molar-refractivity contribution in [2.75, 3.05) is 37.0 Å². The van der Waals surface area contributed by atoms with E-state index in [4.69, 9.17) is 5.26 Å². The molecule has 0 aromatic heterocycles. The van der Waals surface area contributed by atoms with Crippen molar-refractivity contribution in [3.63, 3.8) is 0 Å². The van der Waals surface area contributed by atoms with Crippen LogP contribution in [0.1, 0.15) is 63.0 Å². The average Bonchev–Trinajstić information content (AvgIpc) is 2.80. The molecule has 0 saturated heterocycles. The molecule has 2 N–H and O–H groups in total. The maximum Gasteiger partial charge on any atom is 0.453 e. The van der Waals surface area contributed by atoms with Gasteiger partial charge < -0.3 is 15.3 Å². The van der Waals surface area contributed by atoms with E-state index in [9.17, 15) is 45.0 Å². The first-order valence-corrected chi connectivity index (χ1v) is 13.4. The largest absolute Gasteiger partial charge is 0.453 e. The van der Waals surface area contributed by atoms with E-state index in [0.29, 0.717) is 18.4 Å². The van der Waals surface area contributed by atoms with Gasteiger partial charge in [-0.2, -0.15) is 52.1 Å². The number of amides is 1. The first-order chi connectivity index (χ1) is 17.9. The number of hydrogen-bond acceptors (Lipinski definition) is 5. The maximum absolute atomic E-state index is 13.1. The number of halogens is 8. The van der Waals surface area contributed by atoms with Gasteiger partial charge in [-0.1, -0.05) is 19.3 Å². The van der Waals surface area contributed by atoms with Gasteiger partial charge in [0.1, 0.15) is 0 Å². The third-order valence-electron chi connectivity index (χ3n) is 5.79. The first kappa shape index (κ1) is 34.9. The summed E-state index contributed by atoms with van der Waals surface area (Å²) in [5, 5.41) is 21.7. The minimum atomic E-state index is -5.51. The topological polar surface area (TPSA) is 76.4 Å². The van der Waals surface area contributed by atoms with Crippen LogP contribution in [-0.4, -0.2) is 65.3 Å². The molecular formula is C25H33F8N3O2S. The highest BCUT2D eigenvalue weighted by Crippen LogP contribution is 2.39. The highest BCUT2D eigenvalue weighted by atomic mass is 32.2. The number of unbranched alkanes of at least 4 members (excludes halogenated alkanes) is 4. The first-order valence-electron chi connectivity index (χ1n) is 12.3. The van der Waals surface area contributed by atoms with Gasteiger partial charge in [0.05, 0.1) is 17.2 Å². The summed E-state index contributed by atoms with van der Waals surface area (Å²) >= 11 is 1.34. The number of thioether (sulfide) groups is 1. The molecule has 0 radical (unpaired) electrons. The number of rotatable bonds is 16. The predicted octanol–water partition coefficient (Wildman–Crippen LogP) is 6.86. The lowest BCUT2D eigenvalue weighted by molar-refractivity contribution is -0.284. The zero-order chi connectivity index (χ0) is 29.9. The van der Waals surface area contributed by atoms with Crippen molar-refractivity contribution >= 4 is 23.4 Å². The Kier molecular flexibility index (Phi) is 13.5. The molecule has 5 nitrogen and oxygen atoms in total. The Morgan fingerprint density at radius 3 is 2.18 bits per heavy atom. The summed E-state index contributed by atoms with van der Waals surface area (Å²) in [7, 11) is 1.68. The van der Waals surface area contributed by atoms with Crippen LogP contribution >= 0.6 is 11.8 Å². The standard InChI is InChI=1S/C25H33F8N3O2S/c1-22(38,21(37)35-19-10-9-18(16-34)20(15-19)24(28,29)30)17-36(2)12-6-4-3-5-7-13-39-14-8-11-23(26,27)25(31,32)33/h9-10,15,38H,3-8,11-14,17H2,1-2H3,(H,35,37)/t22-/m0/s1. The monoisotopic (exact) mass is 591 g/mol. The zero-order valence-corrected chi connectivity index (χ0v) is 22.5. The number of likely N-dealkylation sites (N-methyl/N-ethyl adjacent to an activating group) is 1. The normalized spacial score (nSPS) is 14.2. The molecule has 222 valence electrons. The van der Waals surface area contributed by atoms with E-state index in [1.54, 1.807) is 11.9 Å². The quantitative estimate of drug-likeness (QED) is 0.162. The number of nitrogens with zero attached hydrogens (tertiary/aromatic N) is 2. The molecule has 0 spiro atoms. The lowest BCUT2D eigenvalue weighted by Crippen LogP contribution is -2.48. The Balaban J connectivity index is 2.28. The van der Waals surface area contributed by atoms with Crippen LogP contribution in [0.5, 0.6) is 0 Å². The van der Waals surface area contributed by atoms with Gasteiger partial charge in [0.15, 0.2) is 5.60 Å². The molecule has 0 aliphatic rings. The van der Waals surface area contributed by atoms with Crippen molar-refractivity contribution < 1.29 is 45.0 Å². The second kappa shape index (κ2) is 15.0. The van der Waals surface area contributed by atoms with Gasteiger partial charge in [-0.15, -0.1) is 0 Å². The lowest BCUT2D eigenvalue weighted by atomic mass is 10.0. The van der Waals surface area contributed by atoms with Crippen LogP contribution in [0.25, 0.3) is 0 Å². The fraction of sp³-hybridized carbons (Fsp3) is 0.680. The average molecular weight is 592 g/mol. The zero-order valence-electron chi connectivity index (χ0n) is 21.7. The van der Waals surface area contributed by atoms with Gasteiger partial charge in [0.2, 0.25) is 0 Å². The van der Waals surface area contributed by atoms with Crippen molar-refractivity contribution in [2.45, 2.75) is 75.7 Å². The molecule has 1 rings (SSSR count). The number of nitriles is 1. The molecular weight excluding hydrogens is 558 g/mol. The van der Waals surface area contributed by atoms with E-state index in [1.807, 2.05) is 0 Å². The fourth-order valence-electron chi connectivity index (χ4n) is 3.65. The molecule has 0 unspecified atom stereocenters. The molecule has 0 fully saturated rings. The van der Waals surface area contributed by atoms with E-state index < -0.39 is 47.3 Å². The number of alkyl halides is 8. The summed E-state index contributed by atoms with van der Waals surface area (Å²) in [5.41, 5.74) is -3.88. The van der Waals surface area contributed by atoms with Crippen LogP contribution in [-0.2, 0) is 11.0 Å². The third kappa shape index (κ3) is 12.3. The van der Waals surface area contributed by atoms with Crippen molar-refractivity contribution in [1.82, 2.24) is 4.90 Å². The number of carbonyl (C=O) groups excluding carboxylic acids is 1. The van der Waals surface area contributed by atoms with E-state index in [1.165, 1.54) is 24.8 Å². The fourth-order valence-corrected chi connectivity index (χ4v) is 4.61. The van der Waals surface area contributed by atoms with Crippen LogP contribution in [0.3, 0.4) is 0 Å². The molecule has 0 bridgehead atoms. The Morgan fingerprint density at radius 1 is 1.00 bits per heavy atom. The van der Waals surface area contributed by atoms with E-state index in [2.05, 4.69) is 5.32 Å². The number of nitrogens with one attached hydrogen (secondary N) is 1. The molecule has 0 saturated carbocycles. The number of hydrogen-bond donors (Lipinski definition) is 2. The highest BCUT2D eigenvalue weighted by molar-refractivity contribution is 7.99. The van der Waals surface area contributed by atoms with Gasteiger partial charge >= 0.3 is 18.3 Å². The second-order valence-corrected chi connectivity index (χ2v) is 10.7. The summed E-state index contributed by atoms with van der Waals surface area (Å²) in [5.74, 6) is -4.65. The number of carbonyl (C=O) groups is 1. The molecule has 1 amide bonds. The molecule has 0 aliphatic heterocycles. The Bertz CT molecular complexity index is 962. The van der Waals surface area contributed by atoms with E-state index in [0.717, 1.165) is 44.2 Å². The van der Waals surface area contributed by atoms with Crippen LogP contribution in [0.15, 0.2) is 18.2 Å². The third-order valence-corrected chi connectivity index (χ3v) is 6.95. The van der Waals surface area contributed by atoms with Crippen molar-refractivity contribution in [2.24, 2.45) is 0 Å². The molecule has 14 heteroatoms. The van der Waals surface area contributed by atoms with Crippen LogP contribution in [0, 0.1) is 11.3 Å². The maximum atomic E-state index is 13.1. The smallest absolute Gasteiger partial charge is 0.379 e. The van der Waals surface area contributed by atoms with Crippen molar-refractivity contribution in [3.05, 3.63) is 29.3 Å². The predicted molar refractivity (Wildman–Crippen MR) is 134 cm³/mol. The van der Waals surface area contributed by atoms with Gasteiger partial charge in [0.25, 0.3) is 5.91 Å². The highest BCUT2D eigenvalue weighted by Gasteiger charge is 2.56. The number of anilines is 1. The SMILES string of the molecule is CN(CCCCCCCSCCCC(F)(F)C(F)(F)F)C[C@](C)(O)C(=O)Nc1ccc(C#N)c(C(F)(F)F)c1. The van der Waals surface area contributed by atoms with Gasteiger partial charge in [-0.3, -0.25) is 4.79 Å². The van der Waals surface area contributed by atoms with Gasteiger partial charge in [-0.05, 0) is 69.5 Å². The molecule has 0 heterocycles. The molecule has 1 atom stereocenters. The molecule has 1 aromatic carbocycles.